The van der Waals surface area contributed by atoms with Crippen LogP contribution in [0.2, 0.25) is 0 Å². The fourth-order valence-electron chi connectivity index (χ4n) is 4.83. The highest BCUT2D eigenvalue weighted by Crippen LogP contribution is 2.36. The molecule has 2 aromatic carbocycles. The molecule has 0 fully saturated rings. The third-order valence-electron chi connectivity index (χ3n) is 6.82. The average molecular weight is 603 g/mol. The van der Waals surface area contributed by atoms with Gasteiger partial charge in [-0.1, -0.05) is 29.5 Å². The van der Waals surface area contributed by atoms with E-state index >= 15 is 0 Å². The Hall–Kier alpha value is -4.90. The summed E-state index contributed by atoms with van der Waals surface area (Å²) in [5, 5.41) is 0. The van der Waals surface area contributed by atoms with Crippen molar-refractivity contribution in [3.8, 4) is 22.8 Å². The summed E-state index contributed by atoms with van der Waals surface area (Å²) in [6, 6.07) is 14.9. The molecule has 222 valence electrons. The molecule has 0 saturated carbocycles. The fraction of sp³-hybridized carbons (Fsp3) is 0.250. The molecule has 10 nitrogen and oxygen atoms in total. The zero-order valence-corrected chi connectivity index (χ0v) is 25.2. The average Bonchev–Trinajstić information content (AvgIpc) is 3.60. The first-order valence-corrected chi connectivity index (χ1v) is 14.4. The monoisotopic (exact) mass is 602 g/mol. The summed E-state index contributed by atoms with van der Waals surface area (Å²) in [5.74, 6) is 1.05. The minimum atomic E-state index is -0.803. The van der Waals surface area contributed by atoms with Gasteiger partial charge in [-0.3, -0.25) is 9.36 Å². The van der Waals surface area contributed by atoms with E-state index in [-0.39, 0.29) is 17.7 Å². The van der Waals surface area contributed by atoms with Gasteiger partial charge in [-0.15, -0.1) is 0 Å². The Morgan fingerprint density at radius 1 is 0.953 bits per heavy atom. The van der Waals surface area contributed by atoms with Gasteiger partial charge in [-0.2, -0.15) is 0 Å². The van der Waals surface area contributed by atoms with E-state index in [9.17, 15) is 14.4 Å². The van der Waals surface area contributed by atoms with Gasteiger partial charge in [0.1, 0.15) is 11.5 Å². The molecule has 1 atom stereocenters. The highest BCUT2D eigenvalue weighted by Gasteiger charge is 2.34. The van der Waals surface area contributed by atoms with Gasteiger partial charge in [0.15, 0.2) is 16.3 Å². The van der Waals surface area contributed by atoms with E-state index in [4.69, 9.17) is 23.4 Å². The molecule has 0 radical (unpaired) electrons. The first-order chi connectivity index (χ1) is 20.8. The zero-order chi connectivity index (χ0) is 30.7. The number of thiazole rings is 1. The Bertz CT molecular complexity index is 1900. The Morgan fingerprint density at radius 2 is 1.65 bits per heavy atom. The van der Waals surface area contributed by atoms with Crippen molar-refractivity contribution >= 4 is 29.4 Å². The summed E-state index contributed by atoms with van der Waals surface area (Å²) < 4.78 is 29.2. The first-order valence-electron chi connectivity index (χ1n) is 13.6. The van der Waals surface area contributed by atoms with Crippen LogP contribution < -0.4 is 24.4 Å². The van der Waals surface area contributed by atoms with E-state index in [0.29, 0.717) is 55.8 Å². The van der Waals surface area contributed by atoms with Crippen molar-refractivity contribution in [1.29, 1.82) is 0 Å². The van der Waals surface area contributed by atoms with Crippen LogP contribution in [0.25, 0.3) is 17.4 Å². The number of aromatic nitrogens is 1. The van der Waals surface area contributed by atoms with Gasteiger partial charge >= 0.3 is 11.9 Å². The quantitative estimate of drug-likeness (QED) is 0.261. The predicted molar refractivity (Wildman–Crippen MR) is 160 cm³/mol. The molecule has 0 spiro atoms. The molecule has 2 aromatic heterocycles. The van der Waals surface area contributed by atoms with Crippen LogP contribution in [0.4, 0.5) is 0 Å². The maximum Gasteiger partial charge on any atom is 0.338 e. The summed E-state index contributed by atoms with van der Waals surface area (Å²) >= 11 is 1.19. The Kier molecular flexibility index (Phi) is 8.63. The normalized spacial score (nSPS) is 14.6. The molecule has 5 rings (SSSR count). The summed E-state index contributed by atoms with van der Waals surface area (Å²) in [6.45, 7) is 5.67. The minimum absolute atomic E-state index is 0.172. The summed E-state index contributed by atoms with van der Waals surface area (Å²) in [5.41, 5.74) is 2.22. The highest BCUT2D eigenvalue weighted by molar-refractivity contribution is 7.07. The molecule has 3 heterocycles. The van der Waals surface area contributed by atoms with Crippen molar-refractivity contribution in [2.45, 2.75) is 26.8 Å². The summed E-state index contributed by atoms with van der Waals surface area (Å²) in [4.78, 5) is 44.1. The molecule has 1 aliphatic heterocycles. The van der Waals surface area contributed by atoms with Crippen LogP contribution >= 0.6 is 11.3 Å². The van der Waals surface area contributed by atoms with Crippen LogP contribution in [0.3, 0.4) is 0 Å². The number of rotatable bonds is 9. The van der Waals surface area contributed by atoms with E-state index in [1.54, 1.807) is 81.4 Å². The van der Waals surface area contributed by atoms with Crippen molar-refractivity contribution < 1.29 is 33.0 Å². The lowest BCUT2D eigenvalue weighted by molar-refractivity contribution is -0.139. The third-order valence-corrected chi connectivity index (χ3v) is 7.80. The number of methoxy groups -OCH3 is 2. The maximum absolute atomic E-state index is 13.9. The minimum Gasteiger partial charge on any atom is -0.493 e. The smallest absolute Gasteiger partial charge is 0.338 e. The molecule has 0 amide bonds. The van der Waals surface area contributed by atoms with Crippen molar-refractivity contribution in [2.24, 2.45) is 4.99 Å². The van der Waals surface area contributed by atoms with Gasteiger partial charge < -0.3 is 23.4 Å². The standard InChI is InChI=1S/C32H30N2O8S/c1-6-40-30(36)20-10-8-19(9-11-20)23-15-13-22(42-23)17-26-29(35)34-28(21-12-14-24(38-4)25(16-21)39-5)27(31(37)41-7-2)18(3)33-32(34)43-26/h8-17,28H,6-7H2,1-5H3/b26-17-. The number of esters is 2. The van der Waals surface area contributed by atoms with Gasteiger partial charge in [0.25, 0.3) is 5.56 Å². The molecule has 1 aliphatic rings. The molecule has 0 bridgehead atoms. The molecule has 43 heavy (non-hydrogen) atoms. The van der Waals surface area contributed by atoms with E-state index < -0.39 is 18.0 Å². The van der Waals surface area contributed by atoms with E-state index in [2.05, 4.69) is 4.99 Å². The number of carbonyl (C=O) groups is 2. The number of benzene rings is 2. The molecular formula is C32H30N2O8S. The van der Waals surface area contributed by atoms with Gasteiger partial charge in [0.05, 0.1) is 54.8 Å². The number of fused-ring (bicyclic) bond motifs is 1. The third kappa shape index (κ3) is 5.76. The fourth-order valence-corrected chi connectivity index (χ4v) is 5.86. The molecule has 0 N–H and O–H groups in total. The molecule has 11 heteroatoms. The SMILES string of the molecule is CCOC(=O)C1=C(C)N=c2s/c(=C\c3ccc(-c4ccc(C(=O)OCC)cc4)o3)c(=O)n2C1c1ccc(OC)c(OC)c1. The number of hydrogen-bond donors (Lipinski definition) is 0. The molecule has 0 saturated heterocycles. The van der Waals surface area contributed by atoms with Gasteiger partial charge in [-0.05, 0) is 62.7 Å². The first kappa shape index (κ1) is 29.6. The van der Waals surface area contributed by atoms with Crippen LogP contribution in [-0.2, 0) is 14.3 Å². The Balaban J connectivity index is 1.57. The van der Waals surface area contributed by atoms with Crippen molar-refractivity contribution in [3.63, 3.8) is 0 Å². The molecule has 1 unspecified atom stereocenters. The van der Waals surface area contributed by atoms with Gasteiger partial charge in [-0.25, -0.2) is 14.6 Å². The van der Waals surface area contributed by atoms with Crippen LogP contribution in [0, 0.1) is 0 Å². The number of nitrogens with zero attached hydrogens (tertiary/aromatic N) is 2. The second kappa shape index (κ2) is 12.5. The van der Waals surface area contributed by atoms with Crippen LogP contribution in [0.15, 0.2) is 80.1 Å². The number of ether oxygens (including phenoxy) is 4. The highest BCUT2D eigenvalue weighted by atomic mass is 32.1. The lowest BCUT2D eigenvalue weighted by atomic mass is 9.95. The summed E-state index contributed by atoms with van der Waals surface area (Å²) in [6.07, 6.45) is 1.65. The van der Waals surface area contributed by atoms with Crippen LogP contribution in [-0.4, -0.2) is 43.9 Å². The van der Waals surface area contributed by atoms with Gasteiger partial charge in [0, 0.05) is 11.6 Å². The van der Waals surface area contributed by atoms with Crippen molar-refractivity contribution in [1.82, 2.24) is 4.57 Å². The van der Waals surface area contributed by atoms with Gasteiger partial charge in [0.2, 0.25) is 0 Å². The van der Waals surface area contributed by atoms with Crippen LogP contribution in [0.5, 0.6) is 11.5 Å². The number of carbonyl (C=O) groups excluding carboxylic acids is 2. The van der Waals surface area contributed by atoms with Crippen LogP contribution in [0.1, 0.15) is 48.5 Å². The number of furan rings is 1. The van der Waals surface area contributed by atoms with Crippen molar-refractivity contribution in [3.05, 3.63) is 102 Å². The topological polar surface area (TPSA) is 119 Å². The largest absolute Gasteiger partial charge is 0.493 e. The number of allylic oxidation sites excluding steroid dienone is 1. The second-order valence-electron chi connectivity index (χ2n) is 9.42. The molecule has 0 aliphatic carbocycles. The zero-order valence-electron chi connectivity index (χ0n) is 24.3. The molecule has 4 aromatic rings. The summed E-state index contributed by atoms with van der Waals surface area (Å²) in [7, 11) is 3.06. The van der Waals surface area contributed by atoms with Crippen molar-refractivity contribution in [2.75, 3.05) is 27.4 Å². The molecular weight excluding hydrogens is 572 g/mol. The van der Waals surface area contributed by atoms with E-state index in [1.165, 1.54) is 30.1 Å². The Labute approximate surface area is 251 Å². The lowest BCUT2D eigenvalue weighted by Crippen LogP contribution is -2.39. The second-order valence-corrected chi connectivity index (χ2v) is 10.4. The Morgan fingerprint density at radius 3 is 2.33 bits per heavy atom. The van der Waals surface area contributed by atoms with E-state index in [0.717, 1.165) is 5.56 Å². The maximum atomic E-state index is 13.9. The van der Waals surface area contributed by atoms with E-state index in [1.807, 2.05) is 0 Å². The lowest BCUT2D eigenvalue weighted by Gasteiger charge is -2.25. The predicted octanol–water partition coefficient (Wildman–Crippen LogP) is 4.25. The number of hydrogen-bond acceptors (Lipinski definition) is 10.